The van der Waals surface area contributed by atoms with Gasteiger partial charge in [-0.3, -0.25) is 0 Å². The van der Waals surface area contributed by atoms with E-state index in [-0.39, 0.29) is 5.82 Å². The Balaban J connectivity index is 2.46. The number of fused-ring (bicyclic) bond motifs is 2. The first-order valence-corrected chi connectivity index (χ1v) is 6.52. The van der Waals surface area contributed by atoms with Crippen LogP contribution < -0.4 is 0 Å². The molecule has 0 amide bonds. The minimum atomic E-state index is -0.192. The van der Waals surface area contributed by atoms with Crippen molar-refractivity contribution in [2.45, 2.75) is 26.2 Å². The van der Waals surface area contributed by atoms with Gasteiger partial charge in [0.2, 0.25) is 0 Å². The van der Waals surface area contributed by atoms with Gasteiger partial charge in [0.05, 0.1) is 0 Å². The second-order valence-electron chi connectivity index (χ2n) is 4.35. The van der Waals surface area contributed by atoms with Crippen LogP contribution in [0.25, 0.3) is 10.9 Å². The second kappa shape index (κ2) is 3.65. The summed E-state index contributed by atoms with van der Waals surface area (Å²) in [5, 5.41) is 0.971. The van der Waals surface area contributed by atoms with Crippen LogP contribution in [0.4, 0.5) is 4.39 Å². The molecule has 2 aromatic rings. The van der Waals surface area contributed by atoms with Crippen molar-refractivity contribution < 1.29 is 4.39 Å². The Hall–Kier alpha value is -0.710. The maximum Gasteiger partial charge on any atom is 0.149 e. The molecule has 0 atom stereocenters. The third kappa shape index (κ3) is 1.44. The van der Waals surface area contributed by atoms with E-state index in [1.165, 1.54) is 9.13 Å². The van der Waals surface area contributed by atoms with E-state index in [1.807, 2.05) is 13.0 Å². The fourth-order valence-corrected chi connectivity index (χ4v) is 3.39. The molecule has 1 aromatic carbocycles. The molecule has 0 aliphatic heterocycles. The highest BCUT2D eigenvalue weighted by Crippen LogP contribution is 2.32. The minimum Gasteiger partial charge on any atom is -0.249 e. The van der Waals surface area contributed by atoms with Crippen LogP contribution in [0, 0.1) is 16.3 Å². The average Bonchev–Trinajstić information content (AvgIpc) is 2.68. The van der Waals surface area contributed by atoms with Gasteiger partial charge in [-0.1, -0.05) is 0 Å². The highest BCUT2D eigenvalue weighted by molar-refractivity contribution is 14.1. The first-order valence-electron chi connectivity index (χ1n) is 5.44. The number of halogens is 2. The Morgan fingerprint density at radius 2 is 2.12 bits per heavy atom. The van der Waals surface area contributed by atoms with E-state index in [0.717, 1.165) is 35.9 Å². The number of aryl methyl sites for hydroxylation is 2. The second-order valence-corrected chi connectivity index (χ2v) is 5.43. The average molecular weight is 327 g/mol. The van der Waals surface area contributed by atoms with E-state index in [1.54, 1.807) is 6.07 Å². The molecule has 0 saturated carbocycles. The first-order chi connectivity index (χ1) is 7.66. The fraction of sp³-hybridized carbons (Fsp3) is 0.308. The third-order valence-corrected chi connectivity index (χ3v) is 4.38. The molecule has 1 aromatic heterocycles. The van der Waals surface area contributed by atoms with E-state index in [2.05, 4.69) is 27.6 Å². The topological polar surface area (TPSA) is 12.9 Å². The monoisotopic (exact) mass is 327 g/mol. The summed E-state index contributed by atoms with van der Waals surface area (Å²) < 4.78 is 15.0. The maximum atomic E-state index is 13.8. The number of pyridine rings is 1. The highest BCUT2D eigenvalue weighted by Gasteiger charge is 2.19. The summed E-state index contributed by atoms with van der Waals surface area (Å²) in [7, 11) is 0. The van der Waals surface area contributed by atoms with Gasteiger partial charge in [0.1, 0.15) is 11.3 Å². The van der Waals surface area contributed by atoms with Gasteiger partial charge in [-0.15, -0.1) is 0 Å². The van der Waals surface area contributed by atoms with Crippen molar-refractivity contribution in [3.63, 3.8) is 0 Å². The number of hydrogen-bond donors (Lipinski definition) is 0. The fourth-order valence-electron chi connectivity index (χ4n) is 2.40. The highest BCUT2D eigenvalue weighted by atomic mass is 127. The van der Waals surface area contributed by atoms with Gasteiger partial charge in [-0.2, -0.15) is 0 Å². The third-order valence-electron chi connectivity index (χ3n) is 3.14. The molecule has 0 bridgehead atoms. The lowest BCUT2D eigenvalue weighted by atomic mass is 10.1. The molecule has 16 heavy (non-hydrogen) atoms. The molecule has 0 fully saturated rings. The molecule has 1 nitrogen and oxygen atoms in total. The zero-order valence-corrected chi connectivity index (χ0v) is 11.1. The molecule has 0 unspecified atom stereocenters. The number of rotatable bonds is 0. The van der Waals surface area contributed by atoms with E-state index in [4.69, 9.17) is 0 Å². The van der Waals surface area contributed by atoms with Gasteiger partial charge in [0, 0.05) is 14.7 Å². The molecule has 82 valence electrons. The Morgan fingerprint density at radius 3 is 2.94 bits per heavy atom. The molecule has 1 heterocycles. The zero-order valence-electron chi connectivity index (χ0n) is 8.98. The summed E-state index contributed by atoms with van der Waals surface area (Å²) in [6, 6.07) is 3.60. The van der Waals surface area contributed by atoms with Crippen molar-refractivity contribution in [2.24, 2.45) is 0 Å². The lowest BCUT2D eigenvalue weighted by Crippen LogP contribution is -1.97. The number of benzene rings is 1. The summed E-state index contributed by atoms with van der Waals surface area (Å²) >= 11 is 2.33. The molecule has 0 N–H and O–H groups in total. The lowest BCUT2D eigenvalue weighted by Gasteiger charge is -2.08. The van der Waals surface area contributed by atoms with Gasteiger partial charge < -0.3 is 0 Å². The van der Waals surface area contributed by atoms with Crippen LogP contribution in [0.1, 0.15) is 23.2 Å². The molecular formula is C13H11FIN. The van der Waals surface area contributed by atoms with E-state index in [0.29, 0.717) is 5.52 Å². The van der Waals surface area contributed by atoms with Gasteiger partial charge >= 0.3 is 0 Å². The smallest absolute Gasteiger partial charge is 0.149 e. The van der Waals surface area contributed by atoms with Crippen molar-refractivity contribution in [3.8, 4) is 0 Å². The number of aromatic nitrogens is 1. The van der Waals surface area contributed by atoms with Crippen molar-refractivity contribution in [3.05, 3.63) is 38.3 Å². The van der Waals surface area contributed by atoms with E-state index >= 15 is 0 Å². The van der Waals surface area contributed by atoms with E-state index < -0.39 is 0 Å². The minimum absolute atomic E-state index is 0.192. The van der Waals surface area contributed by atoms with Crippen molar-refractivity contribution in [1.29, 1.82) is 0 Å². The van der Waals surface area contributed by atoms with Crippen LogP contribution >= 0.6 is 22.6 Å². The molecule has 0 saturated heterocycles. The standard InChI is InChI=1S/C13H11FIN/c1-7-5-9-12(15)8-3-2-4-11(8)16-13(9)10(14)6-7/h5-6H,2-4H2,1H3. The van der Waals surface area contributed by atoms with Crippen LogP contribution in [0.15, 0.2) is 12.1 Å². The normalized spacial score (nSPS) is 14.4. The van der Waals surface area contributed by atoms with Crippen LogP contribution in [-0.2, 0) is 12.8 Å². The van der Waals surface area contributed by atoms with Gasteiger partial charge in [0.25, 0.3) is 0 Å². The Kier molecular flexibility index (Phi) is 2.38. The quantitative estimate of drug-likeness (QED) is 0.671. The predicted octanol–water partition coefficient (Wildman–Crippen LogP) is 3.78. The molecule has 1 aliphatic rings. The largest absolute Gasteiger partial charge is 0.249 e. The SMILES string of the molecule is Cc1cc(F)c2nc3c(c(I)c2c1)CCC3. The molecule has 3 rings (SSSR count). The molecule has 3 heteroatoms. The number of nitrogens with zero attached hydrogens (tertiary/aromatic N) is 1. The van der Waals surface area contributed by atoms with Crippen LogP contribution in [-0.4, -0.2) is 4.98 Å². The number of hydrogen-bond acceptors (Lipinski definition) is 1. The molecule has 1 aliphatic carbocycles. The summed E-state index contributed by atoms with van der Waals surface area (Å²) in [6.45, 7) is 1.92. The first kappa shape index (κ1) is 10.4. The Labute approximate surface area is 107 Å². The van der Waals surface area contributed by atoms with Crippen molar-refractivity contribution in [1.82, 2.24) is 4.98 Å². The van der Waals surface area contributed by atoms with Gasteiger partial charge in [-0.25, -0.2) is 9.37 Å². The Morgan fingerprint density at radius 1 is 1.31 bits per heavy atom. The van der Waals surface area contributed by atoms with Crippen molar-refractivity contribution >= 4 is 33.5 Å². The Bertz CT molecular complexity index is 592. The maximum absolute atomic E-state index is 13.8. The molecule has 0 radical (unpaired) electrons. The molecule has 0 spiro atoms. The van der Waals surface area contributed by atoms with Crippen LogP contribution in [0.3, 0.4) is 0 Å². The van der Waals surface area contributed by atoms with Gasteiger partial charge in [-0.05, 0) is 72.0 Å². The zero-order chi connectivity index (χ0) is 11.3. The molecular weight excluding hydrogens is 316 g/mol. The summed E-state index contributed by atoms with van der Waals surface area (Å²) in [6.07, 6.45) is 3.23. The summed E-state index contributed by atoms with van der Waals surface area (Å²) in [5.41, 5.74) is 3.93. The summed E-state index contributed by atoms with van der Waals surface area (Å²) in [5.74, 6) is -0.192. The summed E-state index contributed by atoms with van der Waals surface area (Å²) in [4.78, 5) is 4.48. The van der Waals surface area contributed by atoms with Crippen molar-refractivity contribution in [2.75, 3.05) is 0 Å². The van der Waals surface area contributed by atoms with Gasteiger partial charge in [0.15, 0.2) is 0 Å². The van der Waals surface area contributed by atoms with Crippen LogP contribution in [0.2, 0.25) is 0 Å². The van der Waals surface area contributed by atoms with E-state index in [9.17, 15) is 4.39 Å². The lowest BCUT2D eigenvalue weighted by molar-refractivity contribution is 0.635. The van der Waals surface area contributed by atoms with Crippen LogP contribution in [0.5, 0.6) is 0 Å². The predicted molar refractivity (Wildman–Crippen MR) is 71.2 cm³/mol.